The molecule has 0 aliphatic heterocycles. The Labute approximate surface area is 98.7 Å². The molecule has 0 spiro atoms. The van der Waals surface area contributed by atoms with E-state index in [1.807, 2.05) is 55.2 Å². The molecule has 0 aliphatic carbocycles. The van der Waals surface area contributed by atoms with Crippen molar-refractivity contribution >= 4 is 17.2 Å². The highest BCUT2D eigenvalue weighted by atomic mass is 15.3. The first kappa shape index (κ1) is 9.89. The van der Waals surface area contributed by atoms with Crippen molar-refractivity contribution in [3.05, 3.63) is 42.5 Å². The number of aryl methyl sites for hydroxylation is 2. The van der Waals surface area contributed by atoms with Crippen LogP contribution in [0.5, 0.6) is 0 Å². The average Bonchev–Trinajstić information content (AvgIpc) is 2.88. The maximum absolute atomic E-state index is 4.39. The number of rotatable bonds is 2. The SMILES string of the molecule is Cc1cnc2c(Nc3ccn(C)n3)cccn12. The maximum Gasteiger partial charge on any atom is 0.160 e. The first-order valence-electron chi connectivity index (χ1n) is 5.43. The third-order valence-electron chi connectivity index (χ3n) is 2.70. The second-order valence-electron chi connectivity index (χ2n) is 4.01. The van der Waals surface area contributed by atoms with Crippen LogP contribution >= 0.6 is 0 Å². The summed E-state index contributed by atoms with van der Waals surface area (Å²) >= 11 is 0. The van der Waals surface area contributed by atoms with Gasteiger partial charge in [-0.05, 0) is 19.1 Å². The Balaban J connectivity index is 2.05. The molecule has 0 saturated heterocycles. The van der Waals surface area contributed by atoms with Crippen molar-refractivity contribution in [2.45, 2.75) is 6.92 Å². The Morgan fingerprint density at radius 1 is 1.24 bits per heavy atom. The summed E-state index contributed by atoms with van der Waals surface area (Å²) < 4.78 is 3.81. The molecule has 5 heteroatoms. The smallest absolute Gasteiger partial charge is 0.160 e. The van der Waals surface area contributed by atoms with Gasteiger partial charge >= 0.3 is 0 Å². The number of nitrogens with one attached hydrogen (secondary N) is 1. The van der Waals surface area contributed by atoms with E-state index in [0.717, 1.165) is 22.8 Å². The van der Waals surface area contributed by atoms with Crippen molar-refractivity contribution in [1.29, 1.82) is 0 Å². The van der Waals surface area contributed by atoms with Crippen molar-refractivity contribution in [3.8, 4) is 0 Å². The number of aromatic nitrogens is 4. The van der Waals surface area contributed by atoms with E-state index in [1.54, 1.807) is 4.68 Å². The van der Waals surface area contributed by atoms with Crippen LogP contribution in [0.3, 0.4) is 0 Å². The van der Waals surface area contributed by atoms with Crippen LogP contribution < -0.4 is 5.32 Å². The van der Waals surface area contributed by atoms with Gasteiger partial charge in [-0.15, -0.1) is 0 Å². The molecular formula is C12H13N5. The fourth-order valence-corrected chi connectivity index (χ4v) is 1.85. The third-order valence-corrected chi connectivity index (χ3v) is 2.70. The van der Waals surface area contributed by atoms with E-state index in [2.05, 4.69) is 15.4 Å². The van der Waals surface area contributed by atoms with E-state index < -0.39 is 0 Å². The van der Waals surface area contributed by atoms with E-state index in [9.17, 15) is 0 Å². The van der Waals surface area contributed by atoms with Crippen LogP contribution in [0.1, 0.15) is 5.69 Å². The lowest BCUT2D eigenvalue weighted by Gasteiger charge is -2.05. The van der Waals surface area contributed by atoms with Gasteiger partial charge in [-0.25, -0.2) is 4.98 Å². The highest BCUT2D eigenvalue weighted by molar-refractivity contribution is 5.72. The van der Waals surface area contributed by atoms with Gasteiger partial charge in [0.1, 0.15) is 0 Å². The predicted molar refractivity (Wildman–Crippen MR) is 66.4 cm³/mol. The predicted octanol–water partition coefficient (Wildman–Crippen LogP) is 2.12. The highest BCUT2D eigenvalue weighted by Crippen LogP contribution is 2.20. The van der Waals surface area contributed by atoms with Crippen molar-refractivity contribution in [1.82, 2.24) is 19.2 Å². The number of pyridine rings is 1. The number of hydrogen-bond donors (Lipinski definition) is 1. The molecule has 3 aromatic rings. The Morgan fingerprint density at radius 2 is 2.12 bits per heavy atom. The van der Waals surface area contributed by atoms with E-state index >= 15 is 0 Å². The summed E-state index contributed by atoms with van der Waals surface area (Å²) in [5.74, 6) is 0.821. The summed E-state index contributed by atoms with van der Waals surface area (Å²) in [7, 11) is 1.89. The van der Waals surface area contributed by atoms with Gasteiger partial charge in [-0.1, -0.05) is 0 Å². The van der Waals surface area contributed by atoms with Crippen LogP contribution in [0.15, 0.2) is 36.8 Å². The molecule has 3 aromatic heterocycles. The quantitative estimate of drug-likeness (QED) is 0.729. The van der Waals surface area contributed by atoms with Gasteiger partial charge in [0.2, 0.25) is 0 Å². The number of hydrogen-bond acceptors (Lipinski definition) is 3. The lowest BCUT2D eigenvalue weighted by molar-refractivity contribution is 0.771. The van der Waals surface area contributed by atoms with Crippen molar-refractivity contribution in [2.75, 3.05) is 5.32 Å². The molecule has 5 nitrogen and oxygen atoms in total. The molecule has 17 heavy (non-hydrogen) atoms. The second kappa shape index (κ2) is 3.62. The molecule has 0 unspecified atom stereocenters. The minimum absolute atomic E-state index is 0.821. The maximum atomic E-state index is 4.39. The molecule has 0 radical (unpaired) electrons. The zero-order valence-electron chi connectivity index (χ0n) is 9.75. The number of anilines is 2. The molecule has 0 fully saturated rings. The van der Waals surface area contributed by atoms with Crippen molar-refractivity contribution in [3.63, 3.8) is 0 Å². The van der Waals surface area contributed by atoms with Gasteiger partial charge < -0.3 is 9.72 Å². The van der Waals surface area contributed by atoms with Gasteiger partial charge in [0, 0.05) is 37.4 Å². The van der Waals surface area contributed by atoms with Crippen LogP contribution in [0.4, 0.5) is 11.5 Å². The Hall–Kier alpha value is -2.30. The number of imidazole rings is 1. The monoisotopic (exact) mass is 227 g/mol. The summed E-state index contributed by atoms with van der Waals surface area (Å²) in [6.07, 6.45) is 5.76. The summed E-state index contributed by atoms with van der Waals surface area (Å²) in [5.41, 5.74) is 2.99. The number of nitrogens with zero attached hydrogens (tertiary/aromatic N) is 4. The summed E-state index contributed by atoms with van der Waals surface area (Å²) in [6.45, 7) is 2.03. The molecule has 3 heterocycles. The minimum atomic E-state index is 0.821. The number of fused-ring (bicyclic) bond motifs is 1. The largest absolute Gasteiger partial charge is 0.336 e. The molecule has 0 aromatic carbocycles. The van der Waals surface area contributed by atoms with Crippen LogP contribution in [0.25, 0.3) is 5.65 Å². The molecule has 3 rings (SSSR count). The van der Waals surface area contributed by atoms with Crippen molar-refractivity contribution in [2.24, 2.45) is 7.05 Å². The molecule has 0 bridgehead atoms. The molecule has 0 saturated carbocycles. The fraction of sp³-hybridized carbons (Fsp3) is 0.167. The molecular weight excluding hydrogens is 214 g/mol. The highest BCUT2D eigenvalue weighted by Gasteiger charge is 2.05. The van der Waals surface area contributed by atoms with Crippen LogP contribution in [0.2, 0.25) is 0 Å². The normalized spacial score (nSPS) is 10.9. The van der Waals surface area contributed by atoms with Crippen LogP contribution in [-0.2, 0) is 7.05 Å². The summed E-state index contributed by atoms with van der Waals surface area (Å²) in [6, 6.07) is 5.92. The zero-order chi connectivity index (χ0) is 11.8. The molecule has 0 amide bonds. The van der Waals surface area contributed by atoms with Crippen molar-refractivity contribution < 1.29 is 0 Å². The van der Waals surface area contributed by atoms with E-state index in [-0.39, 0.29) is 0 Å². The summed E-state index contributed by atoms with van der Waals surface area (Å²) in [4.78, 5) is 4.39. The van der Waals surface area contributed by atoms with Gasteiger partial charge in [0.05, 0.1) is 5.69 Å². The Bertz CT molecular complexity index is 664. The van der Waals surface area contributed by atoms with Crippen LogP contribution in [-0.4, -0.2) is 19.2 Å². The molecule has 86 valence electrons. The van der Waals surface area contributed by atoms with E-state index in [4.69, 9.17) is 0 Å². The molecule has 0 atom stereocenters. The first-order chi connectivity index (χ1) is 8.24. The molecule has 0 aliphatic rings. The Morgan fingerprint density at radius 3 is 2.88 bits per heavy atom. The van der Waals surface area contributed by atoms with E-state index in [0.29, 0.717) is 0 Å². The second-order valence-corrected chi connectivity index (χ2v) is 4.01. The first-order valence-corrected chi connectivity index (χ1v) is 5.43. The van der Waals surface area contributed by atoms with Gasteiger partial charge in [0.25, 0.3) is 0 Å². The lowest BCUT2D eigenvalue weighted by Crippen LogP contribution is -1.97. The van der Waals surface area contributed by atoms with Gasteiger partial charge in [0.15, 0.2) is 11.5 Å². The zero-order valence-corrected chi connectivity index (χ0v) is 9.75. The average molecular weight is 227 g/mol. The minimum Gasteiger partial charge on any atom is -0.336 e. The van der Waals surface area contributed by atoms with Gasteiger partial charge in [-0.2, -0.15) is 5.10 Å². The Kier molecular flexibility index (Phi) is 2.11. The van der Waals surface area contributed by atoms with Crippen LogP contribution in [0, 0.1) is 6.92 Å². The van der Waals surface area contributed by atoms with Gasteiger partial charge in [-0.3, -0.25) is 4.68 Å². The summed E-state index contributed by atoms with van der Waals surface area (Å²) in [5, 5.41) is 7.55. The standard InChI is InChI=1S/C12H13N5/c1-9-8-13-12-10(4-3-6-17(9)12)14-11-5-7-16(2)15-11/h3-8H,1-2H3,(H,14,15). The lowest BCUT2D eigenvalue weighted by atomic mass is 10.4. The fourth-order valence-electron chi connectivity index (χ4n) is 1.85. The van der Waals surface area contributed by atoms with E-state index in [1.165, 1.54) is 0 Å². The molecule has 1 N–H and O–H groups in total. The third kappa shape index (κ3) is 1.65. The topological polar surface area (TPSA) is 47.2 Å².